The Morgan fingerprint density at radius 3 is 1.13 bits per heavy atom. The van der Waals surface area contributed by atoms with E-state index in [0.29, 0.717) is 110 Å². The highest BCUT2D eigenvalue weighted by atomic mass is 32.2. The number of hydrogen-bond acceptors (Lipinski definition) is 34. The molecule has 0 atom stereocenters. The molecule has 14 N–H and O–H groups in total. The van der Waals surface area contributed by atoms with Crippen molar-refractivity contribution in [3.8, 4) is 57.1 Å². The number of alkyl halides is 3. The fourth-order valence-corrected chi connectivity index (χ4v) is 11.0. The minimum absolute atomic E-state index is 0.0527. The maximum absolute atomic E-state index is 12.5. The van der Waals surface area contributed by atoms with E-state index in [2.05, 4.69) is 153 Å². The minimum atomic E-state index is -4.36. The topological polar surface area (TPSA) is 528 Å². The monoisotopic (exact) mass is 1580 g/mol. The van der Waals surface area contributed by atoms with Crippen LogP contribution in [0.5, 0.6) is 0 Å². The van der Waals surface area contributed by atoms with Crippen LogP contribution in [0.3, 0.4) is 0 Å². The Balaban J connectivity index is 0.000000126. The molecular formula is C70H55F3N30O9S2. The number of hydrogen-bond donors (Lipinski definition) is 14. The first kappa shape index (κ1) is 74.8. The first-order chi connectivity index (χ1) is 55.5. The van der Waals surface area contributed by atoms with Gasteiger partial charge < -0.3 is 69.9 Å². The van der Waals surface area contributed by atoms with Gasteiger partial charge in [-0.3, -0.25) is 29.7 Å². The number of carbonyl (C=O) groups excluding carboxylic acids is 1. The number of amides is 1. The van der Waals surface area contributed by atoms with Crippen molar-refractivity contribution in [2.24, 2.45) is 0 Å². The fraction of sp³-hybridized carbons (Fsp3) is 0.0286. The number of aromatic nitrogens is 21. The molecule has 13 aromatic heterocycles. The Hall–Kier alpha value is -16.0. The molecular weight excluding hydrogens is 1530 g/mol. The molecule has 1 amide bonds. The Morgan fingerprint density at radius 2 is 0.772 bits per heavy atom. The Labute approximate surface area is 642 Å². The van der Waals surface area contributed by atoms with Crippen LogP contribution in [0.15, 0.2) is 265 Å². The van der Waals surface area contributed by atoms with Crippen molar-refractivity contribution in [1.82, 2.24) is 111 Å². The molecule has 0 bridgehead atoms. The quantitative estimate of drug-likeness (QED) is 0.0197. The second-order valence-corrected chi connectivity index (χ2v) is 25.4. The summed E-state index contributed by atoms with van der Waals surface area (Å²) in [5.74, 6) is 7.30. The molecule has 44 heteroatoms. The van der Waals surface area contributed by atoms with Crippen LogP contribution < -0.4 is 47.9 Å². The Kier molecular flexibility index (Phi) is 22.9. The summed E-state index contributed by atoms with van der Waals surface area (Å²) in [6.45, 7) is 0. The lowest BCUT2D eigenvalue weighted by Gasteiger charge is -2.09. The predicted molar refractivity (Wildman–Crippen MR) is 407 cm³/mol. The number of nitrogens with one attached hydrogen (secondary N) is 13. The molecule has 0 unspecified atom stereocenters. The van der Waals surface area contributed by atoms with Crippen LogP contribution in [0.2, 0.25) is 0 Å². The molecule has 0 fully saturated rings. The lowest BCUT2D eigenvalue weighted by Crippen LogP contribution is -2.17. The smallest absolute Gasteiger partial charge is 0.446 e. The molecule has 13 heterocycles. The molecule has 0 aliphatic rings. The molecule has 39 nitrogen and oxygen atoms in total. The van der Waals surface area contributed by atoms with Crippen molar-refractivity contribution >= 4 is 121 Å². The largest absolute Gasteiger partial charge is 0.463 e. The van der Waals surface area contributed by atoms with Crippen LogP contribution in [0, 0.1) is 0 Å². The third-order valence-electron chi connectivity index (χ3n) is 14.9. The number of aromatic amines is 4. The maximum Gasteiger partial charge on any atom is 0.446 e. The normalized spacial score (nSPS) is 11.0. The second-order valence-electron chi connectivity index (χ2n) is 22.8. The summed E-state index contributed by atoms with van der Waals surface area (Å²) in [6, 6.07) is 47.5. The van der Waals surface area contributed by atoms with Gasteiger partial charge in [-0.05, 0) is 127 Å². The first-order valence-electron chi connectivity index (χ1n) is 33.0. The van der Waals surface area contributed by atoms with Gasteiger partial charge in [-0.25, -0.2) is 44.9 Å². The van der Waals surface area contributed by atoms with E-state index in [-0.39, 0.29) is 51.3 Å². The van der Waals surface area contributed by atoms with Gasteiger partial charge >= 0.3 is 5.51 Å². The average molecular weight is 1580 g/mol. The molecule has 0 spiro atoms. The lowest BCUT2D eigenvalue weighted by atomic mass is 10.1. The van der Waals surface area contributed by atoms with Crippen LogP contribution in [-0.4, -0.2) is 137 Å². The molecule has 572 valence electrons. The van der Waals surface area contributed by atoms with Gasteiger partial charge in [-0.2, -0.15) is 61.9 Å². The Morgan fingerprint density at radius 1 is 0.412 bits per heavy atom. The third kappa shape index (κ3) is 20.8. The van der Waals surface area contributed by atoms with Gasteiger partial charge in [0.2, 0.25) is 47.6 Å². The fourth-order valence-electron chi connectivity index (χ4n) is 9.91. The van der Waals surface area contributed by atoms with Crippen LogP contribution in [0.25, 0.3) is 57.1 Å². The van der Waals surface area contributed by atoms with E-state index >= 15 is 0 Å². The van der Waals surface area contributed by atoms with Gasteiger partial charge in [0.25, 0.3) is 16.0 Å². The maximum atomic E-state index is 12.5. The number of carbonyl (C=O) groups is 1. The highest BCUT2D eigenvalue weighted by Gasteiger charge is 2.29. The van der Waals surface area contributed by atoms with E-state index in [0.717, 1.165) is 22.6 Å². The zero-order valence-electron chi connectivity index (χ0n) is 58.2. The highest BCUT2D eigenvalue weighted by Crippen LogP contribution is 2.38. The van der Waals surface area contributed by atoms with Crippen LogP contribution in [0.1, 0.15) is 10.4 Å². The van der Waals surface area contributed by atoms with Gasteiger partial charge in [0, 0.05) is 70.1 Å². The van der Waals surface area contributed by atoms with Gasteiger partial charge in [0.1, 0.15) is 48.1 Å². The van der Waals surface area contributed by atoms with Crippen molar-refractivity contribution in [3.05, 3.63) is 238 Å². The van der Waals surface area contributed by atoms with Crippen molar-refractivity contribution in [1.29, 1.82) is 0 Å². The van der Waals surface area contributed by atoms with Crippen LogP contribution in [-0.2, 0) is 10.1 Å². The summed E-state index contributed by atoms with van der Waals surface area (Å²) < 4.78 is 95.8. The summed E-state index contributed by atoms with van der Waals surface area (Å²) in [6.07, 6.45) is 14.7. The van der Waals surface area contributed by atoms with Gasteiger partial charge in [-0.15, -0.1) is 0 Å². The summed E-state index contributed by atoms with van der Waals surface area (Å²) in [5.41, 5.74) is 2.16. The first-order valence-corrected chi connectivity index (χ1v) is 35.3. The molecule has 0 saturated heterocycles. The number of benzene rings is 4. The average Bonchev–Trinajstić information content (AvgIpc) is 1.28. The highest BCUT2D eigenvalue weighted by molar-refractivity contribution is 8.00. The van der Waals surface area contributed by atoms with Gasteiger partial charge in [0.05, 0.1) is 36.1 Å². The van der Waals surface area contributed by atoms with E-state index in [1.54, 1.807) is 123 Å². The zero-order chi connectivity index (χ0) is 78.6. The van der Waals surface area contributed by atoms with Crippen molar-refractivity contribution in [3.63, 3.8) is 0 Å². The molecule has 0 aliphatic heterocycles. The SMILES string of the molecule is CNC(=O)c1cccc(Nc2ncnc(Nc3cc(-c4ccco4)[nH]n3)n2)c1.FC(F)(F)Sc1cccc(Nc2ncnc(Nc3cc(-c4ccco4)[nH]n3)n2)c1.O=S(=O)(O)c1cccc(Nc2ncnc(Nc3cc(-c4ccco4)[nH]n3)n2)c1.c1cc(Nc2ncnc(Nc3cc(-c4ccco4)[nH]n3)n2)cc(-c2cnco2)c1. The number of H-pyrrole nitrogens is 4. The third-order valence-corrected chi connectivity index (χ3v) is 16.4. The zero-order valence-corrected chi connectivity index (χ0v) is 59.8. The number of oxazole rings is 1. The van der Waals surface area contributed by atoms with E-state index in [1.165, 1.54) is 68.1 Å². The van der Waals surface area contributed by atoms with Gasteiger partial charge in [-0.1, -0.05) is 30.3 Å². The van der Waals surface area contributed by atoms with Crippen LogP contribution in [0.4, 0.5) is 107 Å². The predicted octanol–water partition coefficient (Wildman–Crippen LogP) is 14.2. The number of nitrogens with zero attached hydrogens (tertiary/aromatic N) is 17. The summed E-state index contributed by atoms with van der Waals surface area (Å²) >= 11 is -0.193. The molecule has 0 aliphatic carbocycles. The van der Waals surface area contributed by atoms with Crippen molar-refractivity contribution in [2.75, 3.05) is 49.6 Å². The van der Waals surface area contributed by atoms with E-state index in [9.17, 15) is 26.4 Å². The summed E-state index contributed by atoms with van der Waals surface area (Å²) in [7, 11) is -2.73. The molecule has 0 saturated carbocycles. The lowest BCUT2D eigenvalue weighted by molar-refractivity contribution is -0.0328. The number of halogens is 3. The van der Waals surface area contributed by atoms with E-state index in [1.807, 2.05) is 48.5 Å². The molecule has 114 heavy (non-hydrogen) atoms. The number of furan rings is 4. The van der Waals surface area contributed by atoms with Crippen molar-refractivity contribution < 1.29 is 53.0 Å². The molecule has 17 rings (SSSR count). The number of anilines is 16. The molecule has 4 aromatic carbocycles. The summed E-state index contributed by atoms with van der Waals surface area (Å²) in [5, 5.41) is 54.4. The van der Waals surface area contributed by atoms with Crippen LogP contribution >= 0.6 is 11.8 Å². The number of thioether (sulfide) groups is 1. The van der Waals surface area contributed by atoms with Gasteiger partial charge in [0.15, 0.2) is 58.5 Å². The summed E-state index contributed by atoms with van der Waals surface area (Å²) in [4.78, 5) is 65.0. The standard InChI is InChI=1S/C19H14N8O2.C18H16N8O2.C17H12F3N7OS.C16H13N7O4S/c1-3-12(16-9-20-11-29-16)7-13(4-1)23-18-21-10-22-19(25-18)24-17-8-14(26-27-17)15-5-2-6-28-15;1-19-16(27)11-4-2-5-12(8-11)22-17-20-10-21-18(24-17)23-15-9-13(25-26-15)14-6-3-7-28-14;18-17(19,20)29-11-4-1-3-10(7-11)23-15-21-9-22-16(25-15)24-14-8-12(26-27-14)13-5-2-6-28-13;24-28(25,26)11-4-1-3-10(7-11)19-15-17-9-18-16(21-15)20-14-8-12(22-23-14)13-5-2-6-27-13/h1-11H,(H3,21,22,23,24,25,26,27);2-10H,1H3,(H,19,27)(H3,20,21,22,23,24,25,26);1-9H,(H3,21,22,23,24,25,26,27);1-9H,(H,24,25,26)(H3,17,18,19,20,21,22,23). The number of rotatable bonds is 24. The minimum Gasteiger partial charge on any atom is -0.463 e. The Bertz CT molecular complexity index is 6090. The van der Waals surface area contributed by atoms with E-state index in [4.69, 9.17) is 26.6 Å². The van der Waals surface area contributed by atoms with Crippen molar-refractivity contribution in [2.45, 2.75) is 15.3 Å². The molecule has 17 aromatic rings. The molecule has 0 radical (unpaired) electrons. The second kappa shape index (κ2) is 34.9. The van der Waals surface area contributed by atoms with E-state index < -0.39 is 15.6 Å².